The summed E-state index contributed by atoms with van der Waals surface area (Å²) in [6, 6.07) is 14.6. The van der Waals surface area contributed by atoms with E-state index in [0.717, 1.165) is 73.7 Å². The summed E-state index contributed by atoms with van der Waals surface area (Å²) in [5.41, 5.74) is 6.99. The minimum absolute atomic E-state index is 0.376. The first-order chi connectivity index (χ1) is 17.5. The van der Waals surface area contributed by atoms with Crippen LogP contribution in [0.3, 0.4) is 0 Å². The van der Waals surface area contributed by atoms with Gasteiger partial charge in [0.2, 0.25) is 0 Å². The highest BCUT2D eigenvalue weighted by Crippen LogP contribution is 2.31. The van der Waals surface area contributed by atoms with Crippen LogP contribution in [0.5, 0.6) is 0 Å². The molecule has 1 aliphatic rings. The van der Waals surface area contributed by atoms with Gasteiger partial charge in [0, 0.05) is 62.7 Å². The summed E-state index contributed by atoms with van der Waals surface area (Å²) in [4.78, 5) is 20.9. The van der Waals surface area contributed by atoms with Crippen LogP contribution >= 0.6 is 23.2 Å². The van der Waals surface area contributed by atoms with E-state index in [0.29, 0.717) is 17.7 Å². The Morgan fingerprint density at radius 2 is 1.94 bits per heavy atom. The Hall–Kier alpha value is -2.58. The zero-order valence-corrected chi connectivity index (χ0v) is 22.0. The van der Waals surface area contributed by atoms with Crippen molar-refractivity contribution < 1.29 is 10.0 Å². The van der Waals surface area contributed by atoms with Crippen LogP contribution in [0.2, 0.25) is 0 Å². The van der Waals surface area contributed by atoms with Gasteiger partial charge in [0.05, 0.1) is 11.0 Å². The fourth-order valence-corrected chi connectivity index (χ4v) is 5.36. The van der Waals surface area contributed by atoms with Crippen LogP contribution in [-0.4, -0.2) is 63.5 Å². The Morgan fingerprint density at radius 1 is 1.19 bits per heavy atom. The molecule has 192 valence electrons. The molecule has 7 nitrogen and oxygen atoms in total. The summed E-state index contributed by atoms with van der Waals surface area (Å²) in [6.07, 6.45) is 5.24. The molecule has 2 aromatic carbocycles. The predicted molar refractivity (Wildman–Crippen MR) is 147 cm³/mol. The lowest BCUT2D eigenvalue weighted by molar-refractivity contribution is -0.124. The second-order valence-corrected chi connectivity index (χ2v) is 9.95. The molecular weight excluding hydrogens is 497 g/mol. The first-order valence-corrected chi connectivity index (χ1v) is 13.4. The van der Waals surface area contributed by atoms with Gasteiger partial charge in [-0.1, -0.05) is 24.3 Å². The van der Waals surface area contributed by atoms with Crippen molar-refractivity contribution in [2.45, 2.75) is 25.3 Å². The number of hydroxylamine groups is 1. The van der Waals surface area contributed by atoms with Gasteiger partial charge in [-0.05, 0) is 54.8 Å². The second kappa shape index (κ2) is 12.6. The number of aromatic nitrogens is 2. The number of benzene rings is 2. The molecule has 1 aliphatic heterocycles. The van der Waals surface area contributed by atoms with Crippen LogP contribution in [0, 0.1) is 0 Å². The number of piperidine rings is 1. The van der Waals surface area contributed by atoms with Crippen molar-refractivity contribution in [1.82, 2.24) is 19.9 Å². The van der Waals surface area contributed by atoms with E-state index in [-0.39, 0.29) is 0 Å². The summed E-state index contributed by atoms with van der Waals surface area (Å²) >= 11 is 12.0. The van der Waals surface area contributed by atoms with Gasteiger partial charge in [-0.25, -0.2) is 10.5 Å². The molecule has 0 aliphatic carbocycles. The van der Waals surface area contributed by atoms with Crippen LogP contribution in [0.4, 0.5) is 5.69 Å². The molecule has 0 spiro atoms. The summed E-state index contributed by atoms with van der Waals surface area (Å²) in [7, 11) is 2.11. The molecule has 36 heavy (non-hydrogen) atoms. The topological polar surface area (TPSA) is 73.6 Å². The number of halogens is 2. The number of imidazole rings is 1. The average molecular weight is 531 g/mol. The number of alkyl halides is 2. The molecule has 2 N–H and O–H groups in total. The lowest BCUT2D eigenvalue weighted by atomic mass is 9.96. The molecular formula is C27H33Cl2N5O2. The second-order valence-electron chi connectivity index (χ2n) is 9.19. The van der Waals surface area contributed by atoms with Gasteiger partial charge in [0.15, 0.2) is 0 Å². The molecule has 0 bridgehead atoms. The SMILES string of the molecule is Cn1c(C2CCCN(Cc3ccc(/C=C/C(=O)NO)cc3)C2)nc2cc(N(CCCl)CCCl)ccc21. The zero-order chi connectivity index (χ0) is 25.5. The first-order valence-electron chi connectivity index (χ1n) is 12.3. The first kappa shape index (κ1) is 26.5. The van der Waals surface area contributed by atoms with E-state index in [4.69, 9.17) is 33.4 Å². The van der Waals surface area contributed by atoms with Gasteiger partial charge in [-0.3, -0.25) is 14.9 Å². The number of rotatable bonds is 10. The molecule has 1 aromatic heterocycles. The number of amides is 1. The number of nitrogens with zero attached hydrogens (tertiary/aromatic N) is 4. The quantitative estimate of drug-likeness (QED) is 0.171. The van der Waals surface area contributed by atoms with E-state index in [1.54, 1.807) is 11.6 Å². The minimum atomic E-state index is -0.542. The maximum absolute atomic E-state index is 11.2. The van der Waals surface area contributed by atoms with Crippen molar-refractivity contribution in [2.75, 3.05) is 42.8 Å². The van der Waals surface area contributed by atoms with Crippen LogP contribution in [0.25, 0.3) is 17.1 Å². The number of anilines is 1. The molecule has 0 saturated carbocycles. The van der Waals surface area contributed by atoms with E-state index in [1.807, 2.05) is 12.1 Å². The molecule has 1 fully saturated rings. The molecule has 1 atom stereocenters. The minimum Gasteiger partial charge on any atom is -0.369 e. The van der Waals surface area contributed by atoms with Crippen molar-refractivity contribution in [1.29, 1.82) is 0 Å². The molecule has 3 aromatic rings. The number of fused-ring (bicyclic) bond motifs is 1. The number of nitrogens with one attached hydrogen (secondary N) is 1. The standard InChI is InChI=1S/C27H33Cl2N5O2/c1-32-25-10-9-23(34(15-12-28)16-13-29)17-24(25)30-27(32)22-3-2-14-33(19-22)18-21-6-4-20(5-7-21)8-11-26(35)31-36/h4-11,17,22,36H,2-3,12-16,18-19H2,1H3,(H,31,35)/b11-8+. The Bertz CT molecular complexity index is 1190. The molecule has 0 radical (unpaired) electrons. The average Bonchev–Trinajstić information content (AvgIpc) is 3.23. The van der Waals surface area contributed by atoms with Crippen molar-refractivity contribution in [2.24, 2.45) is 7.05 Å². The van der Waals surface area contributed by atoms with Crippen molar-refractivity contribution in [3.63, 3.8) is 0 Å². The Morgan fingerprint density at radius 3 is 2.64 bits per heavy atom. The van der Waals surface area contributed by atoms with Gasteiger partial charge in [0.25, 0.3) is 5.91 Å². The maximum atomic E-state index is 11.2. The van der Waals surface area contributed by atoms with E-state index in [1.165, 1.54) is 11.6 Å². The third kappa shape index (κ3) is 6.40. The Kier molecular flexibility index (Phi) is 9.26. The highest BCUT2D eigenvalue weighted by molar-refractivity contribution is 6.18. The van der Waals surface area contributed by atoms with Crippen LogP contribution in [0.15, 0.2) is 48.5 Å². The third-order valence-electron chi connectivity index (χ3n) is 6.77. The van der Waals surface area contributed by atoms with Crippen LogP contribution in [0.1, 0.15) is 35.7 Å². The molecule has 2 heterocycles. The highest BCUT2D eigenvalue weighted by atomic mass is 35.5. The molecule has 9 heteroatoms. The number of likely N-dealkylation sites (tertiary alicyclic amines) is 1. The molecule has 1 saturated heterocycles. The largest absolute Gasteiger partial charge is 0.369 e. The van der Waals surface area contributed by atoms with Crippen molar-refractivity contribution in [3.05, 3.63) is 65.5 Å². The fourth-order valence-electron chi connectivity index (χ4n) is 4.95. The molecule has 1 amide bonds. The predicted octanol–water partition coefficient (Wildman–Crippen LogP) is 4.76. The number of carbonyl (C=O) groups is 1. The van der Waals surface area contributed by atoms with Gasteiger partial charge < -0.3 is 9.47 Å². The van der Waals surface area contributed by atoms with Crippen molar-refractivity contribution in [3.8, 4) is 0 Å². The van der Waals surface area contributed by atoms with E-state index in [9.17, 15) is 4.79 Å². The molecule has 1 unspecified atom stereocenters. The van der Waals surface area contributed by atoms with Crippen molar-refractivity contribution >= 4 is 51.9 Å². The highest BCUT2D eigenvalue weighted by Gasteiger charge is 2.25. The molecule has 4 rings (SSSR count). The van der Waals surface area contributed by atoms with Crippen LogP contribution in [-0.2, 0) is 18.4 Å². The van der Waals surface area contributed by atoms with Gasteiger partial charge in [0.1, 0.15) is 5.82 Å². The number of aryl methyl sites for hydroxylation is 1. The van der Waals surface area contributed by atoms with E-state index >= 15 is 0 Å². The number of hydrogen-bond acceptors (Lipinski definition) is 5. The third-order valence-corrected chi connectivity index (χ3v) is 7.10. The summed E-state index contributed by atoms with van der Waals surface area (Å²) in [5.74, 6) is 2.08. The van der Waals surface area contributed by atoms with E-state index < -0.39 is 5.91 Å². The summed E-state index contributed by atoms with van der Waals surface area (Å²) in [6.45, 7) is 4.41. The number of hydrogen-bond donors (Lipinski definition) is 2. The van der Waals surface area contributed by atoms with Crippen LogP contribution < -0.4 is 10.4 Å². The number of carbonyl (C=O) groups excluding carboxylic acids is 1. The maximum Gasteiger partial charge on any atom is 0.267 e. The Labute approximate surface area is 222 Å². The van der Waals surface area contributed by atoms with Gasteiger partial charge in [-0.2, -0.15) is 0 Å². The summed E-state index contributed by atoms with van der Waals surface area (Å²) < 4.78 is 2.24. The lowest BCUT2D eigenvalue weighted by Gasteiger charge is -2.32. The van der Waals surface area contributed by atoms with Gasteiger partial charge in [-0.15, -0.1) is 23.2 Å². The summed E-state index contributed by atoms with van der Waals surface area (Å²) in [5, 5.41) is 8.60. The lowest BCUT2D eigenvalue weighted by Crippen LogP contribution is -2.34. The fraction of sp³-hybridized carbons (Fsp3) is 0.407. The zero-order valence-electron chi connectivity index (χ0n) is 20.5. The van der Waals surface area contributed by atoms with Gasteiger partial charge >= 0.3 is 0 Å². The monoisotopic (exact) mass is 529 g/mol. The Balaban J connectivity index is 1.46. The normalized spacial score (nSPS) is 16.6. The smallest absolute Gasteiger partial charge is 0.267 e. The van der Waals surface area contributed by atoms with E-state index in [2.05, 4.69) is 51.7 Å².